The maximum absolute atomic E-state index is 14.3. The second-order valence-corrected chi connectivity index (χ2v) is 7.64. The SMILES string of the molecule is CC(C)(C)NC(=O)OC1CCN(C(=O)C(F)(F)Cc2ccccc2)CC1. The minimum atomic E-state index is -3.45. The number of benzene rings is 1. The molecule has 1 fully saturated rings. The summed E-state index contributed by atoms with van der Waals surface area (Å²) in [5.41, 5.74) is 0.00989. The fourth-order valence-corrected chi connectivity index (χ4v) is 2.82. The highest BCUT2D eigenvalue weighted by Gasteiger charge is 2.43. The molecule has 1 heterocycles. The normalized spacial score (nSPS) is 16.3. The molecule has 5 nitrogen and oxygen atoms in total. The average molecular weight is 368 g/mol. The van der Waals surface area contributed by atoms with Crippen LogP contribution in [0.4, 0.5) is 13.6 Å². The van der Waals surface area contributed by atoms with E-state index in [0.717, 1.165) is 4.90 Å². The zero-order valence-electron chi connectivity index (χ0n) is 15.4. The van der Waals surface area contributed by atoms with Crippen molar-refractivity contribution in [2.45, 2.75) is 57.6 Å². The van der Waals surface area contributed by atoms with Gasteiger partial charge in [0.2, 0.25) is 0 Å². The van der Waals surface area contributed by atoms with Gasteiger partial charge in [-0.3, -0.25) is 4.79 Å². The molecule has 1 aliphatic heterocycles. The molecule has 1 N–H and O–H groups in total. The molecule has 0 aromatic heterocycles. The first kappa shape index (κ1) is 20.1. The van der Waals surface area contributed by atoms with E-state index in [2.05, 4.69) is 5.32 Å². The molecule has 0 saturated carbocycles. The summed E-state index contributed by atoms with van der Waals surface area (Å²) in [5.74, 6) is -4.61. The van der Waals surface area contributed by atoms with Crippen LogP contribution < -0.4 is 5.32 Å². The number of rotatable bonds is 4. The van der Waals surface area contributed by atoms with Crippen molar-refractivity contribution in [3.05, 3.63) is 35.9 Å². The first-order valence-electron chi connectivity index (χ1n) is 8.77. The molecule has 1 saturated heterocycles. The standard InChI is InChI=1S/C19H26F2N2O3/c1-18(2,3)22-17(25)26-15-9-11-23(12-10-15)16(24)19(20,21)13-14-7-5-4-6-8-14/h4-8,15H,9-13H2,1-3H3,(H,22,25). The van der Waals surface area contributed by atoms with Crippen LogP contribution in [-0.2, 0) is 16.0 Å². The summed E-state index contributed by atoms with van der Waals surface area (Å²) in [4.78, 5) is 25.1. The number of alkyl carbamates (subject to hydrolysis) is 1. The van der Waals surface area contributed by atoms with Gasteiger partial charge in [-0.25, -0.2) is 4.79 Å². The van der Waals surface area contributed by atoms with Crippen molar-refractivity contribution >= 4 is 12.0 Å². The quantitative estimate of drug-likeness (QED) is 0.886. The van der Waals surface area contributed by atoms with Crippen molar-refractivity contribution in [1.29, 1.82) is 0 Å². The molecule has 0 spiro atoms. The van der Waals surface area contributed by atoms with E-state index < -0.39 is 29.9 Å². The molecule has 2 rings (SSSR count). The van der Waals surface area contributed by atoms with Crippen LogP contribution in [0.3, 0.4) is 0 Å². The minimum Gasteiger partial charge on any atom is -0.446 e. The zero-order valence-corrected chi connectivity index (χ0v) is 15.4. The van der Waals surface area contributed by atoms with Gasteiger partial charge in [0, 0.05) is 37.9 Å². The summed E-state index contributed by atoms with van der Waals surface area (Å²) in [6.45, 7) is 5.81. The Morgan fingerprint density at radius 2 is 1.73 bits per heavy atom. The molecule has 144 valence electrons. The molecule has 0 bridgehead atoms. The van der Waals surface area contributed by atoms with Gasteiger partial charge < -0.3 is 15.0 Å². The number of hydrogen-bond acceptors (Lipinski definition) is 3. The third kappa shape index (κ3) is 5.97. The van der Waals surface area contributed by atoms with E-state index in [0.29, 0.717) is 18.4 Å². The number of alkyl halides is 2. The highest BCUT2D eigenvalue weighted by Crippen LogP contribution is 2.25. The van der Waals surface area contributed by atoms with E-state index >= 15 is 0 Å². The van der Waals surface area contributed by atoms with E-state index in [1.807, 2.05) is 20.8 Å². The lowest BCUT2D eigenvalue weighted by Gasteiger charge is -2.34. The second-order valence-electron chi connectivity index (χ2n) is 7.64. The van der Waals surface area contributed by atoms with Crippen LogP contribution >= 0.6 is 0 Å². The third-order valence-corrected chi connectivity index (χ3v) is 4.06. The summed E-state index contributed by atoms with van der Waals surface area (Å²) in [5, 5.41) is 2.69. The topological polar surface area (TPSA) is 58.6 Å². The summed E-state index contributed by atoms with van der Waals surface area (Å²) in [6.07, 6.45) is -0.812. The number of amides is 2. The van der Waals surface area contributed by atoms with Gasteiger partial charge in [0.05, 0.1) is 0 Å². The Balaban J connectivity index is 1.84. The molecular formula is C19H26F2N2O3. The van der Waals surface area contributed by atoms with Crippen LogP contribution in [0.25, 0.3) is 0 Å². The van der Waals surface area contributed by atoms with Crippen LogP contribution in [0.1, 0.15) is 39.2 Å². The van der Waals surface area contributed by atoms with Crippen LogP contribution in [0.2, 0.25) is 0 Å². The summed E-state index contributed by atoms with van der Waals surface area (Å²) >= 11 is 0. The first-order valence-corrected chi connectivity index (χ1v) is 8.77. The largest absolute Gasteiger partial charge is 0.446 e. The number of piperidine rings is 1. The first-order chi connectivity index (χ1) is 12.1. The molecule has 1 aromatic rings. The number of carbonyl (C=O) groups is 2. The maximum atomic E-state index is 14.3. The van der Waals surface area contributed by atoms with Gasteiger partial charge >= 0.3 is 12.0 Å². The number of likely N-dealkylation sites (tertiary alicyclic amines) is 1. The lowest BCUT2D eigenvalue weighted by molar-refractivity contribution is -0.159. The fraction of sp³-hybridized carbons (Fsp3) is 0.579. The Bertz CT molecular complexity index is 621. The zero-order chi connectivity index (χ0) is 19.4. The van der Waals surface area contributed by atoms with Crippen molar-refractivity contribution in [2.24, 2.45) is 0 Å². The van der Waals surface area contributed by atoms with Crippen LogP contribution in [0.15, 0.2) is 30.3 Å². The molecular weight excluding hydrogens is 342 g/mol. The smallest absolute Gasteiger partial charge is 0.407 e. The lowest BCUT2D eigenvalue weighted by atomic mass is 10.0. The predicted molar refractivity (Wildman–Crippen MR) is 94.1 cm³/mol. The minimum absolute atomic E-state index is 0.149. The van der Waals surface area contributed by atoms with Gasteiger partial charge in [-0.15, -0.1) is 0 Å². The van der Waals surface area contributed by atoms with E-state index in [1.54, 1.807) is 30.3 Å². The van der Waals surface area contributed by atoms with Crippen molar-refractivity contribution in [2.75, 3.05) is 13.1 Å². The molecule has 0 radical (unpaired) electrons. The van der Waals surface area contributed by atoms with Crippen LogP contribution in [0.5, 0.6) is 0 Å². The van der Waals surface area contributed by atoms with Crippen molar-refractivity contribution in [1.82, 2.24) is 10.2 Å². The maximum Gasteiger partial charge on any atom is 0.407 e. The van der Waals surface area contributed by atoms with Gasteiger partial charge in [0.25, 0.3) is 5.91 Å². The van der Waals surface area contributed by atoms with E-state index in [4.69, 9.17) is 4.74 Å². The average Bonchev–Trinajstić information content (AvgIpc) is 2.53. The second kappa shape index (κ2) is 8.01. The Kier molecular flexibility index (Phi) is 6.21. The summed E-state index contributed by atoms with van der Waals surface area (Å²) in [7, 11) is 0. The monoisotopic (exact) mass is 368 g/mol. The van der Waals surface area contributed by atoms with Gasteiger partial charge in [0.1, 0.15) is 6.10 Å². The highest BCUT2D eigenvalue weighted by atomic mass is 19.3. The number of ether oxygens (including phenoxy) is 1. The van der Waals surface area contributed by atoms with Crippen molar-refractivity contribution in [3.8, 4) is 0 Å². The Morgan fingerprint density at radius 1 is 1.15 bits per heavy atom. The van der Waals surface area contributed by atoms with E-state index in [9.17, 15) is 18.4 Å². The summed E-state index contributed by atoms with van der Waals surface area (Å²) in [6, 6.07) is 8.23. The highest BCUT2D eigenvalue weighted by molar-refractivity contribution is 5.84. The Labute approximate surface area is 152 Å². The van der Waals surface area contributed by atoms with Gasteiger partial charge in [-0.05, 0) is 26.3 Å². The van der Waals surface area contributed by atoms with Crippen LogP contribution in [0, 0.1) is 0 Å². The number of nitrogens with one attached hydrogen (secondary N) is 1. The molecule has 7 heteroatoms. The molecule has 1 aliphatic rings. The fourth-order valence-electron chi connectivity index (χ4n) is 2.82. The van der Waals surface area contributed by atoms with E-state index in [1.165, 1.54) is 0 Å². The van der Waals surface area contributed by atoms with Crippen LogP contribution in [-0.4, -0.2) is 47.6 Å². The third-order valence-electron chi connectivity index (χ3n) is 4.06. The molecule has 0 aliphatic carbocycles. The van der Waals surface area contributed by atoms with Gasteiger partial charge in [0.15, 0.2) is 0 Å². The Morgan fingerprint density at radius 3 is 2.27 bits per heavy atom. The predicted octanol–water partition coefficient (Wildman–Crippen LogP) is 3.38. The van der Waals surface area contributed by atoms with Gasteiger partial charge in [-0.1, -0.05) is 30.3 Å². The molecule has 0 atom stereocenters. The van der Waals surface area contributed by atoms with Gasteiger partial charge in [-0.2, -0.15) is 8.78 Å². The molecule has 1 aromatic carbocycles. The molecule has 0 unspecified atom stereocenters. The number of halogens is 2. The summed E-state index contributed by atoms with van der Waals surface area (Å²) < 4.78 is 33.9. The Hall–Kier alpha value is -2.18. The number of hydrogen-bond donors (Lipinski definition) is 1. The molecule has 2 amide bonds. The number of nitrogens with zero attached hydrogens (tertiary/aromatic N) is 1. The van der Waals surface area contributed by atoms with Crippen molar-refractivity contribution < 1.29 is 23.1 Å². The number of carbonyl (C=O) groups excluding carboxylic acids is 2. The molecule has 26 heavy (non-hydrogen) atoms. The lowest BCUT2D eigenvalue weighted by Crippen LogP contribution is -2.50. The van der Waals surface area contributed by atoms with Crippen molar-refractivity contribution in [3.63, 3.8) is 0 Å². The van der Waals surface area contributed by atoms with E-state index in [-0.39, 0.29) is 19.2 Å².